The van der Waals surface area contributed by atoms with E-state index in [-0.39, 0.29) is 25.7 Å². The van der Waals surface area contributed by atoms with Crippen molar-refractivity contribution in [2.75, 3.05) is 39.6 Å². The number of aliphatic hydroxyl groups is 1. The summed E-state index contributed by atoms with van der Waals surface area (Å²) in [6.45, 7) is 4.28. The third-order valence-corrected chi connectivity index (χ3v) is 16.6. The fourth-order valence-electron chi connectivity index (χ4n) is 9.06. The smallest absolute Gasteiger partial charge is 0.462 e. The first-order valence-electron chi connectivity index (χ1n) is 37.4. The van der Waals surface area contributed by atoms with Gasteiger partial charge < -0.3 is 33.8 Å². The third-order valence-electron chi connectivity index (χ3n) is 14.7. The normalized spacial score (nSPS) is 14.9. The molecule has 100 heavy (non-hydrogen) atoms. The molecule has 17 nitrogen and oxygen atoms in total. The predicted molar refractivity (Wildman–Crippen MR) is 408 cm³/mol. The van der Waals surface area contributed by atoms with Gasteiger partial charge in [-0.1, -0.05) is 268 Å². The quantitative estimate of drug-likeness (QED) is 0.0169. The molecule has 5 unspecified atom stereocenters. The minimum absolute atomic E-state index is 0.0712. The van der Waals surface area contributed by atoms with Crippen molar-refractivity contribution >= 4 is 39.5 Å². The van der Waals surface area contributed by atoms with E-state index < -0.39 is 97.5 Å². The summed E-state index contributed by atoms with van der Waals surface area (Å²) in [5.74, 6) is -2.52. The summed E-state index contributed by atoms with van der Waals surface area (Å²) in [4.78, 5) is 72.6. The van der Waals surface area contributed by atoms with Gasteiger partial charge in [0.05, 0.1) is 39.3 Å². The molecule has 0 aromatic heterocycles. The molecule has 0 rings (SSSR count). The molecule has 0 fully saturated rings. The van der Waals surface area contributed by atoms with Crippen molar-refractivity contribution in [1.82, 2.24) is 0 Å². The molecular formula is C81H130O17P2. The maximum Gasteiger partial charge on any atom is 0.472 e. The first kappa shape index (κ1) is 94.4. The van der Waals surface area contributed by atoms with Crippen LogP contribution >= 0.6 is 15.6 Å². The van der Waals surface area contributed by atoms with Gasteiger partial charge in [0.15, 0.2) is 12.2 Å². The van der Waals surface area contributed by atoms with Gasteiger partial charge in [-0.05, 0) is 135 Å². The average Bonchev–Trinajstić information content (AvgIpc) is 0.966. The van der Waals surface area contributed by atoms with Crippen molar-refractivity contribution in [3.05, 3.63) is 170 Å². The van der Waals surface area contributed by atoms with E-state index in [2.05, 4.69) is 149 Å². The zero-order chi connectivity index (χ0) is 73.2. The number of hydrogen-bond donors (Lipinski definition) is 3. The van der Waals surface area contributed by atoms with E-state index >= 15 is 0 Å². The fourth-order valence-corrected chi connectivity index (χ4v) is 10.6. The van der Waals surface area contributed by atoms with Crippen LogP contribution in [-0.4, -0.2) is 96.7 Å². The Morgan fingerprint density at radius 1 is 0.300 bits per heavy atom. The lowest BCUT2D eigenvalue weighted by molar-refractivity contribution is -0.161. The van der Waals surface area contributed by atoms with E-state index in [9.17, 15) is 43.2 Å². The maximum absolute atomic E-state index is 13.1. The van der Waals surface area contributed by atoms with Crippen LogP contribution in [0.4, 0.5) is 0 Å². The number of carbonyl (C=O) groups is 4. The highest BCUT2D eigenvalue weighted by Gasteiger charge is 2.30. The van der Waals surface area contributed by atoms with Gasteiger partial charge in [-0.15, -0.1) is 0 Å². The van der Waals surface area contributed by atoms with Crippen LogP contribution in [0.1, 0.15) is 259 Å². The number of ether oxygens (including phenoxy) is 4. The molecule has 0 heterocycles. The summed E-state index contributed by atoms with van der Waals surface area (Å²) in [5.41, 5.74) is 0. The molecule has 0 aliphatic carbocycles. The minimum atomic E-state index is -5.02. The van der Waals surface area contributed by atoms with E-state index in [4.69, 9.17) is 37.0 Å². The lowest BCUT2D eigenvalue weighted by atomic mass is 10.1. The van der Waals surface area contributed by atoms with Crippen LogP contribution < -0.4 is 0 Å². The number of esters is 4. The molecule has 0 aliphatic rings. The molecule has 0 aromatic carbocycles. The summed E-state index contributed by atoms with van der Waals surface area (Å²) in [5, 5.41) is 10.6. The average molecular weight is 1440 g/mol. The summed E-state index contributed by atoms with van der Waals surface area (Å²) in [6, 6.07) is 0. The second-order valence-electron chi connectivity index (χ2n) is 24.1. The van der Waals surface area contributed by atoms with Crippen molar-refractivity contribution in [2.24, 2.45) is 0 Å². The molecule has 0 saturated carbocycles. The van der Waals surface area contributed by atoms with Crippen molar-refractivity contribution in [2.45, 2.75) is 277 Å². The van der Waals surface area contributed by atoms with Crippen LogP contribution in [0.3, 0.4) is 0 Å². The zero-order valence-corrected chi connectivity index (χ0v) is 63.3. The lowest BCUT2D eigenvalue weighted by Crippen LogP contribution is -2.30. The number of hydrogen-bond acceptors (Lipinski definition) is 15. The van der Waals surface area contributed by atoms with E-state index in [1.165, 1.54) is 32.1 Å². The predicted octanol–water partition coefficient (Wildman–Crippen LogP) is 21.4. The number of allylic oxidation sites excluding steroid dienone is 26. The molecule has 0 amide bonds. The first-order valence-corrected chi connectivity index (χ1v) is 40.4. The number of phosphoric ester groups is 2. The zero-order valence-electron chi connectivity index (χ0n) is 61.5. The molecule has 0 radical (unpaired) electrons. The van der Waals surface area contributed by atoms with Crippen LogP contribution in [0.15, 0.2) is 170 Å². The molecule has 0 bridgehead atoms. The van der Waals surface area contributed by atoms with E-state index in [1.54, 1.807) is 18.2 Å². The maximum atomic E-state index is 13.1. The topological polar surface area (TPSA) is 237 Å². The van der Waals surface area contributed by atoms with Gasteiger partial charge in [0, 0.05) is 12.8 Å². The Morgan fingerprint density at radius 2 is 0.580 bits per heavy atom. The molecule has 3 N–H and O–H groups in total. The molecule has 0 aromatic rings. The van der Waals surface area contributed by atoms with Crippen molar-refractivity contribution in [3.8, 4) is 0 Å². The van der Waals surface area contributed by atoms with Crippen molar-refractivity contribution < 1.29 is 80.2 Å². The Bertz CT molecular complexity index is 2570. The Labute approximate surface area is 603 Å². The van der Waals surface area contributed by atoms with Gasteiger partial charge >= 0.3 is 39.5 Å². The van der Waals surface area contributed by atoms with Gasteiger partial charge in [0.2, 0.25) is 0 Å². The van der Waals surface area contributed by atoms with E-state index in [0.29, 0.717) is 25.7 Å². The minimum Gasteiger partial charge on any atom is -0.462 e. The molecule has 19 heteroatoms. The molecular weight excluding hydrogens is 1310 g/mol. The van der Waals surface area contributed by atoms with Crippen molar-refractivity contribution in [1.29, 1.82) is 0 Å². The van der Waals surface area contributed by atoms with Crippen molar-refractivity contribution in [3.63, 3.8) is 0 Å². The largest absolute Gasteiger partial charge is 0.472 e. The van der Waals surface area contributed by atoms with Crippen LogP contribution in [0.25, 0.3) is 0 Å². The van der Waals surface area contributed by atoms with E-state index in [1.807, 2.05) is 30.4 Å². The van der Waals surface area contributed by atoms with Crippen LogP contribution in [0.5, 0.6) is 0 Å². The van der Waals surface area contributed by atoms with Crippen LogP contribution in [-0.2, 0) is 65.4 Å². The molecule has 0 spiro atoms. The van der Waals surface area contributed by atoms with Gasteiger partial charge in [-0.3, -0.25) is 37.3 Å². The first-order chi connectivity index (χ1) is 48.7. The molecule has 0 saturated heterocycles. The SMILES string of the molecule is CC/C=C\C/C=C\C/C=C\C/C=C\C/C=C\CC(=O)OCC(COP(=O)(O)OCC(O)COP(=O)(O)OCC(COC(=O)CCCCCCCC/C=C\C/C=C\C/C=C\CCCCC)OC(=O)CCCCCCC/C=C\CCCC)OC(=O)C/C=C\C/C=C\C/C=C\C/C=C\C/C=C\CC. The second-order valence-corrected chi connectivity index (χ2v) is 27.1. The lowest BCUT2D eigenvalue weighted by Gasteiger charge is -2.21. The number of aliphatic hydroxyl groups excluding tert-OH is 1. The highest BCUT2D eigenvalue weighted by Crippen LogP contribution is 2.45. The highest BCUT2D eigenvalue weighted by molar-refractivity contribution is 7.47. The number of phosphoric acid groups is 2. The number of carbonyl (C=O) groups excluding carboxylic acids is 4. The van der Waals surface area contributed by atoms with Gasteiger partial charge in [-0.25, -0.2) is 9.13 Å². The van der Waals surface area contributed by atoms with Crippen LogP contribution in [0, 0.1) is 0 Å². The molecule has 0 aliphatic heterocycles. The standard InChI is InChI=1S/C81H130O17P2/c1-5-9-13-17-21-25-29-32-35-36-37-38-41-43-47-50-54-58-62-66-79(84)91-71-76(97-80(85)67-63-59-55-51-45-28-24-20-16-12-8-4)73-95-99(87,88)93-69-75(82)70-94-100(89,90)96-74-77(98-81(86)68-64-60-56-52-48-44-40-34-31-27-23-19-15-11-7-3)72-92-78(83)65-61-57-53-49-46-42-39-33-30-26-22-18-14-10-6-2/h10-11,14-15,20-27,32-35,37-40,46,48-49,52,57,60-61,64,75-77,82H,5-9,12-13,16-19,28-31,36,41-45,47,50-51,53-56,58-59,62-63,65-74H2,1-4H3,(H,87,88)(H,89,90)/b14-10-,15-11-,24-20-,25-21-,26-22-,27-23-,35-32-,38-37-,39-33-,40-34-,49-46-,52-48-,61-57-,64-60-. The summed E-state index contributed by atoms with van der Waals surface area (Å²) < 4.78 is 68.1. The third kappa shape index (κ3) is 70.8. The van der Waals surface area contributed by atoms with Gasteiger partial charge in [0.25, 0.3) is 0 Å². The summed E-state index contributed by atoms with van der Waals surface area (Å²) in [6.07, 6.45) is 84.2. The Hall–Kier alpha value is -5.58. The fraction of sp³-hybridized carbons (Fsp3) is 0.605. The Kier molecular flexibility index (Phi) is 67.8. The molecule has 566 valence electrons. The van der Waals surface area contributed by atoms with Gasteiger partial charge in [0.1, 0.15) is 19.3 Å². The van der Waals surface area contributed by atoms with E-state index in [0.717, 1.165) is 148 Å². The number of rotatable bonds is 68. The molecule has 5 atom stereocenters. The summed E-state index contributed by atoms with van der Waals surface area (Å²) in [7, 11) is -10.0. The second kappa shape index (κ2) is 71.8. The summed E-state index contributed by atoms with van der Waals surface area (Å²) >= 11 is 0. The van der Waals surface area contributed by atoms with Crippen LogP contribution in [0.2, 0.25) is 0 Å². The Morgan fingerprint density at radius 3 is 0.970 bits per heavy atom. The van der Waals surface area contributed by atoms with Gasteiger partial charge in [-0.2, -0.15) is 0 Å². The highest BCUT2D eigenvalue weighted by atomic mass is 31.2. The monoisotopic (exact) mass is 1440 g/mol. The number of unbranched alkanes of at least 4 members (excludes halogenated alkanes) is 16. The Balaban J connectivity index is 5.47.